The molecule has 0 saturated carbocycles. The molecule has 0 spiro atoms. The van der Waals surface area contributed by atoms with Crippen LogP contribution in [0.3, 0.4) is 0 Å². The van der Waals surface area contributed by atoms with Gasteiger partial charge in [0.15, 0.2) is 0 Å². The quantitative estimate of drug-likeness (QED) is 0.368. The van der Waals surface area contributed by atoms with Gasteiger partial charge in [0.1, 0.15) is 5.82 Å². The molecule has 4 aromatic rings. The minimum Gasteiger partial charge on any atom is -0.357 e. The topological polar surface area (TPSA) is 66.9 Å². The fourth-order valence-electron chi connectivity index (χ4n) is 3.39. The molecule has 3 aromatic carbocycles. The van der Waals surface area contributed by atoms with Gasteiger partial charge in [-0.3, -0.25) is 4.79 Å². The lowest BCUT2D eigenvalue weighted by atomic mass is 9.97. The minimum atomic E-state index is -4.65. The average Bonchev–Trinajstić information content (AvgIpc) is 2.79. The van der Waals surface area contributed by atoms with E-state index in [0.717, 1.165) is 27.6 Å². The number of rotatable bonds is 4. The molecule has 0 saturated heterocycles. The van der Waals surface area contributed by atoms with E-state index in [1.54, 1.807) is 25.4 Å². The molecule has 0 aliphatic heterocycles. The van der Waals surface area contributed by atoms with Crippen LogP contribution in [0.15, 0.2) is 60.8 Å². The van der Waals surface area contributed by atoms with Crippen molar-refractivity contribution in [2.45, 2.75) is 13.1 Å². The summed E-state index contributed by atoms with van der Waals surface area (Å²) in [5, 5.41) is 5.91. The van der Waals surface area contributed by atoms with E-state index in [1.165, 1.54) is 6.07 Å². The van der Waals surface area contributed by atoms with Crippen molar-refractivity contribution in [1.29, 1.82) is 0 Å². The number of nitrogens with zero attached hydrogens (tertiary/aromatic N) is 2. The molecule has 0 fully saturated rings. The number of nitrogens with one attached hydrogen (secondary N) is 2. The molecule has 4 rings (SSSR count). The third-order valence-electron chi connectivity index (χ3n) is 5.16. The summed E-state index contributed by atoms with van der Waals surface area (Å²) in [6.07, 6.45) is -2.97. The van der Waals surface area contributed by atoms with Crippen LogP contribution in [0.2, 0.25) is 0 Å². The number of fused-ring (bicyclic) bond motifs is 1. The molecule has 0 atom stereocenters. The number of aryl methyl sites for hydroxylation is 1. The summed E-state index contributed by atoms with van der Waals surface area (Å²) < 4.78 is 52.9. The van der Waals surface area contributed by atoms with Gasteiger partial charge in [-0.1, -0.05) is 12.1 Å². The second-order valence-corrected chi connectivity index (χ2v) is 7.39. The van der Waals surface area contributed by atoms with Crippen LogP contribution in [0.4, 0.5) is 29.2 Å². The fourth-order valence-corrected chi connectivity index (χ4v) is 3.39. The van der Waals surface area contributed by atoms with Gasteiger partial charge < -0.3 is 10.6 Å². The van der Waals surface area contributed by atoms with E-state index in [0.29, 0.717) is 24.1 Å². The van der Waals surface area contributed by atoms with Gasteiger partial charge in [0, 0.05) is 24.2 Å². The van der Waals surface area contributed by atoms with Crippen LogP contribution in [0.25, 0.3) is 22.0 Å². The van der Waals surface area contributed by atoms with Crippen LogP contribution in [-0.2, 0) is 6.18 Å². The Balaban J connectivity index is 1.66. The summed E-state index contributed by atoms with van der Waals surface area (Å²) in [7, 11) is 1.72. The van der Waals surface area contributed by atoms with Crippen molar-refractivity contribution in [1.82, 2.24) is 9.97 Å². The van der Waals surface area contributed by atoms with Gasteiger partial charge in [-0.05, 0) is 66.1 Å². The van der Waals surface area contributed by atoms with Crippen molar-refractivity contribution >= 4 is 28.4 Å². The van der Waals surface area contributed by atoms with E-state index in [4.69, 9.17) is 0 Å². The van der Waals surface area contributed by atoms with E-state index in [2.05, 4.69) is 20.6 Å². The molecule has 1 aromatic heterocycles. The number of hydrogen-bond acceptors (Lipinski definition) is 4. The monoisotopic (exact) mass is 454 g/mol. The minimum absolute atomic E-state index is 0.175. The second kappa shape index (κ2) is 8.50. The van der Waals surface area contributed by atoms with E-state index in [1.807, 2.05) is 25.1 Å². The lowest BCUT2D eigenvalue weighted by Gasteiger charge is -2.13. The maximum absolute atomic E-state index is 14.0. The highest BCUT2D eigenvalue weighted by molar-refractivity contribution is 6.05. The van der Waals surface area contributed by atoms with Gasteiger partial charge in [0.25, 0.3) is 5.91 Å². The van der Waals surface area contributed by atoms with E-state index >= 15 is 0 Å². The Bertz CT molecular complexity index is 1370. The molecular formula is C24H18F4N4O. The molecule has 0 aliphatic carbocycles. The third-order valence-corrected chi connectivity index (χ3v) is 5.16. The van der Waals surface area contributed by atoms with Gasteiger partial charge in [0.05, 0.1) is 16.8 Å². The SMILES string of the molecule is CNc1ncc2cc(-c3cc(C(=O)Nc4cc(C(F)(F)F)ccc4F)ccc3C)ccc2n1. The predicted molar refractivity (Wildman–Crippen MR) is 119 cm³/mol. The highest BCUT2D eigenvalue weighted by atomic mass is 19.4. The average molecular weight is 454 g/mol. The third kappa shape index (κ3) is 4.62. The lowest BCUT2D eigenvalue weighted by molar-refractivity contribution is -0.137. The molecule has 1 amide bonds. The molecule has 9 heteroatoms. The number of carbonyl (C=O) groups is 1. The summed E-state index contributed by atoms with van der Waals surface area (Å²) in [6.45, 7) is 1.87. The number of benzene rings is 3. The Kier molecular flexibility index (Phi) is 5.71. The highest BCUT2D eigenvalue weighted by Gasteiger charge is 2.31. The standard InChI is InChI=1S/C24H18F4N4O/c1-13-3-4-15(22(33)31-21-11-17(24(26,27)28)6-7-19(21)25)10-18(13)14-5-8-20-16(9-14)12-30-23(29-2)32-20/h3-12H,1-2H3,(H,31,33)(H,29,30,32). The lowest BCUT2D eigenvalue weighted by Crippen LogP contribution is -2.14. The van der Waals surface area contributed by atoms with E-state index in [9.17, 15) is 22.4 Å². The Morgan fingerprint density at radius 3 is 2.52 bits per heavy atom. The number of amides is 1. The smallest absolute Gasteiger partial charge is 0.357 e. The Hall–Kier alpha value is -4.01. The molecule has 0 radical (unpaired) electrons. The van der Waals surface area contributed by atoms with Gasteiger partial charge in [-0.25, -0.2) is 14.4 Å². The molecule has 5 nitrogen and oxygen atoms in total. The summed E-state index contributed by atoms with van der Waals surface area (Å²) in [6, 6.07) is 12.3. The van der Waals surface area contributed by atoms with E-state index < -0.39 is 29.2 Å². The number of carbonyl (C=O) groups excluding carboxylic acids is 1. The summed E-state index contributed by atoms with van der Waals surface area (Å²) in [5.41, 5.74) is 1.75. The zero-order valence-electron chi connectivity index (χ0n) is 17.6. The van der Waals surface area contributed by atoms with Crippen LogP contribution in [-0.4, -0.2) is 22.9 Å². The largest absolute Gasteiger partial charge is 0.416 e. The molecule has 0 unspecified atom stereocenters. The van der Waals surface area contributed by atoms with Crippen LogP contribution < -0.4 is 10.6 Å². The van der Waals surface area contributed by atoms with Gasteiger partial charge >= 0.3 is 6.18 Å². The summed E-state index contributed by atoms with van der Waals surface area (Å²) >= 11 is 0. The number of anilines is 2. The number of alkyl halides is 3. The normalized spacial score (nSPS) is 11.5. The molecule has 168 valence electrons. The van der Waals surface area contributed by atoms with Crippen molar-refractivity contribution in [2.75, 3.05) is 17.7 Å². The molecule has 1 heterocycles. The highest BCUT2D eigenvalue weighted by Crippen LogP contribution is 2.32. The molecule has 2 N–H and O–H groups in total. The molecule has 0 aliphatic rings. The van der Waals surface area contributed by atoms with Crippen molar-refractivity contribution in [3.05, 3.63) is 83.3 Å². The maximum Gasteiger partial charge on any atom is 0.416 e. The van der Waals surface area contributed by atoms with Gasteiger partial charge in [0.2, 0.25) is 5.95 Å². The zero-order valence-corrected chi connectivity index (χ0v) is 17.6. The van der Waals surface area contributed by atoms with Crippen molar-refractivity contribution in [3.63, 3.8) is 0 Å². The molecular weight excluding hydrogens is 436 g/mol. The van der Waals surface area contributed by atoms with Crippen LogP contribution in [0, 0.1) is 12.7 Å². The van der Waals surface area contributed by atoms with Gasteiger partial charge in [-0.15, -0.1) is 0 Å². The number of aromatic nitrogens is 2. The van der Waals surface area contributed by atoms with Gasteiger partial charge in [-0.2, -0.15) is 13.2 Å². The van der Waals surface area contributed by atoms with Crippen LogP contribution in [0.1, 0.15) is 21.5 Å². The first-order valence-corrected chi connectivity index (χ1v) is 9.89. The summed E-state index contributed by atoms with van der Waals surface area (Å²) in [5.74, 6) is -1.19. The first-order valence-electron chi connectivity index (χ1n) is 9.89. The van der Waals surface area contributed by atoms with Crippen molar-refractivity contribution in [3.8, 4) is 11.1 Å². The maximum atomic E-state index is 14.0. The first-order chi connectivity index (χ1) is 15.7. The molecule has 33 heavy (non-hydrogen) atoms. The van der Waals surface area contributed by atoms with Crippen molar-refractivity contribution < 1.29 is 22.4 Å². The zero-order chi connectivity index (χ0) is 23.8. The second-order valence-electron chi connectivity index (χ2n) is 7.39. The Morgan fingerprint density at radius 1 is 1.00 bits per heavy atom. The van der Waals surface area contributed by atoms with Crippen molar-refractivity contribution in [2.24, 2.45) is 0 Å². The Morgan fingerprint density at radius 2 is 1.79 bits per heavy atom. The van der Waals surface area contributed by atoms with E-state index in [-0.39, 0.29) is 5.56 Å². The summed E-state index contributed by atoms with van der Waals surface area (Å²) in [4.78, 5) is 21.3. The molecule has 0 bridgehead atoms. The van der Waals surface area contributed by atoms with Crippen LogP contribution >= 0.6 is 0 Å². The number of hydrogen-bond donors (Lipinski definition) is 2. The first kappa shape index (κ1) is 22.2. The van der Waals surface area contributed by atoms with Crippen LogP contribution in [0.5, 0.6) is 0 Å². The fraction of sp³-hybridized carbons (Fsp3) is 0.125. The predicted octanol–water partition coefficient (Wildman–Crippen LogP) is 6.06. The number of halogens is 4. The Labute approximate surface area is 186 Å².